The molecule has 0 bridgehead atoms. The molecule has 0 aromatic carbocycles. The van der Waals surface area contributed by atoms with E-state index in [2.05, 4.69) is 0 Å². The predicted octanol–water partition coefficient (Wildman–Crippen LogP) is 0.368. The Hall–Kier alpha value is 0.200. The Balaban J connectivity index is 4.12. The fraction of sp³-hybridized carbons (Fsp3) is 1.00. The van der Waals surface area contributed by atoms with Crippen LogP contribution in [-0.4, -0.2) is 30.6 Å². The van der Waals surface area contributed by atoms with Crippen LogP contribution >= 0.6 is 11.6 Å². The second-order valence-electron chi connectivity index (χ2n) is 1.92. The third-order valence-corrected chi connectivity index (χ3v) is 3.47. The molecule has 1 N–H and O–H groups in total. The van der Waals surface area contributed by atoms with Crippen LogP contribution < -0.4 is 0 Å². The molecule has 1 atom stereocenters. The summed E-state index contributed by atoms with van der Waals surface area (Å²) >= 11 is 5.20. The van der Waals surface area contributed by atoms with Crippen molar-refractivity contribution >= 4 is 21.4 Å². The fourth-order valence-electron chi connectivity index (χ4n) is 0.498. The maximum Gasteiger partial charge on any atom is 0.177 e. The molecule has 0 saturated carbocycles. The number of alkyl halides is 1. The summed E-state index contributed by atoms with van der Waals surface area (Å²) in [6.45, 7) is 1.61. The van der Waals surface area contributed by atoms with Crippen molar-refractivity contribution in [3.05, 3.63) is 0 Å². The summed E-state index contributed by atoms with van der Waals surface area (Å²) in [5, 5.41) is 8.87. The number of rotatable bonds is 4. The van der Waals surface area contributed by atoms with Crippen molar-refractivity contribution in [2.45, 2.75) is 18.8 Å². The molecule has 0 radical (unpaired) electrons. The lowest BCUT2D eigenvalue weighted by Gasteiger charge is -2.06. The molecule has 1 unspecified atom stereocenters. The standard InChI is InChI=1S/C5H11ClO3S/c1-2-5(7)10(8,9)4-3-6/h5,7H,2-4H2,1H3. The summed E-state index contributed by atoms with van der Waals surface area (Å²) in [5.74, 6) is -0.108. The van der Waals surface area contributed by atoms with Crippen LogP contribution in [-0.2, 0) is 9.84 Å². The van der Waals surface area contributed by atoms with Gasteiger partial charge in [-0.25, -0.2) is 8.42 Å². The molecule has 0 rings (SSSR count). The van der Waals surface area contributed by atoms with Gasteiger partial charge >= 0.3 is 0 Å². The van der Waals surface area contributed by atoms with Gasteiger partial charge in [0, 0.05) is 5.88 Å². The highest BCUT2D eigenvalue weighted by molar-refractivity contribution is 7.91. The van der Waals surface area contributed by atoms with Gasteiger partial charge < -0.3 is 5.11 Å². The van der Waals surface area contributed by atoms with Crippen molar-refractivity contribution in [3.63, 3.8) is 0 Å². The van der Waals surface area contributed by atoms with Crippen LogP contribution in [0.15, 0.2) is 0 Å². The zero-order valence-electron chi connectivity index (χ0n) is 5.75. The van der Waals surface area contributed by atoms with Crippen LogP contribution in [0.5, 0.6) is 0 Å². The number of aliphatic hydroxyl groups excluding tert-OH is 1. The molecule has 0 aliphatic carbocycles. The fourth-order valence-corrected chi connectivity index (χ4v) is 2.14. The number of sulfone groups is 1. The van der Waals surface area contributed by atoms with Gasteiger partial charge in [0.1, 0.15) is 0 Å². The average molecular weight is 187 g/mol. The van der Waals surface area contributed by atoms with Gasteiger partial charge in [-0.1, -0.05) is 6.92 Å². The minimum Gasteiger partial charge on any atom is -0.377 e. The molecule has 10 heavy (non-hydrogen) atoms. The first-order valence-corrected chi connectivity index (χ1v) is 5.25. The van der Waals surface area contributed by atoms with E-state index in [9.17, 15) is 8.42 Å². The maximum absolute atomic E-state index is 10.8. The summed E-state index contributed by atoms with van der Waals surface area (Å²) in [4.78, 5) is 0. The minimum atomic E-state index is -3.34. The smallest absolute Gasteiger partial charge is 0.177 e. The molecule has 0 amide bonds. The average Bonchev–Trinajstić information content (AvgIpc) is 1.86. The number of halogens is 1. The van der Waals surface area contributed by atoms with Gasteiger partial charge in [-0.05, 0) is 6.42 Å². The quantitative estimate of drug-likeness (QED) is 0.646. The summed E-state index contributed by atoms with van der Waals surface area (Å²) in [6.07, 6.45) is 0.221. The minimum absolute atomic E-state index is 0.0411. The van der Waals surface area contributed by atoms with E-state index in [1.54, 1.807) is 6.92 Å². The van der Waals surface area contributed by atoms with Crippen molar-refractivity contribution < 1.29 is 13.5 Å². The SMILES string of the molecule is CCC(O)S(=O)(=O)CCCl. The van der Waals surface area contributed by atoms with E-state index >= 15 is 0 Å². The molecule has 0 heterocycles. The van der Waals surface area contributed by atoms with E-state index in [0.29, 0.717) is 0 Å². The van der Waals surface area contributed by atoms with Crippen molar-refractivity contribution in [2.24, 2.45) is 0 Å². The Morgan fingerprint density at radius 3 is 2.40 bits per heavy atom. The van der Waals surface area contributed by atoms with Gasteiger partial charge in [0.2, 0.25) is 0 Å². The molecule has 0 fully saturated rings. The van der Waals surface area contributed by atoms with Crippen molar-refractivity contribution in [3.8, 4) is 0 Å². The van der Waals surface area contributed by atoms with E-state index in [1.807, 2.05) is 0 Å². The van der Waals surface area contributed by atoms with Gasteiger partial charge in [-0.2, -0.15) is 0 Å². The summed E-state index contributed by atoms with van der Waals surface area (Å²) in [5.41, 5.74) is -1.24. The van der Waals surface area contributed by atoms with Crippen LogP contribution in [0, 0.1) is 0 Å². The van der Waals surface area contributed by atoms with Crippen molar-refractivity contribution in [2.75, 3.05) is 11.6 Å². The van der Waals surface area contributed by atoms with E-state index < -0.39 is 15.3 Å². The van der Waals surface area contributed by atoms with Crippen LogP contribution in [0.3, 0.4) is 0 Å². The Bertz CT molecular complexity index is 175. The lowest BCUT2D eigenvalue weighted by molar-refractivity contribution is 0.245. The lowest BCUT2D eigenvalue weighted by atomic mass is 10.5. The molecule has 0 aliphatic heterocycles. The Morgan fingerprint density at radius 1 is 1.60 bits per heavy atom. The molecular formula is C5H11ClO3S. The zero-order chi connectivity index (χ0) is 8.20. The summed E-state index contributed by atoms with van der Waals surface area (Å²) in [7, 11) is -3.34. The first-order valence-electron chi connectivity index (χ1n) is 3.00. The molecule has 0 aliphatic rings. The number of aliphatic hydroxyl groups is 1. The van der Waals surface area contributed by atoms with Gasteiger partial charge in [0.25, 0.3) is 0 Å². The van der Waals surface area contributed by atoms with Gasteiger partial charge in [0.05, 0.1) is 5.75 Å². The van der Waals surface area contributed by atoms with E-state index in [1.165, 1.54) is 0 Å². The normalized spacial score (nSPS) is 15.1. The van der Waals surface area contributed by atoms with E-state index in [4.69, 9.17) is 16.7 Å². The first-order chi connectivity index (χ1) is 4.54. The number of hydrogen-bond donors (Lipinski definition) is 1. The van der Waals surface area contributed by atoms with E-state index in [-0.39, 0.29) is 18.1 Å². The summed E-state index contributed by atoms with van der Waals surface area (Å²) < 4.78 is 21.7. The summed E-state index contributed by atoms with van der Waals surface area (Å²) in [6, 6.07) is 0. The zero-order valence-corrected chi connectivity index (χ0v) is 7.32. The highest BCUT2D eigenvalue weighted by Crippen LogP contribution is 2.03. The molecule has 0 aromatic rings. The predicted molar refractivity (Wildman–Crippen MR) is 40.8 cm³/mol. The third-order valence-electron chi connectivity index (χ3n) is 1.13. The van der Waals surface area contributed by atoms with Gasteiger partial charge in [-0.15, -0.1) is 11.6 Å². The first kappa shape index (κ1) is 10.2. The lowest BCUT2D eigenvalue weighted by Crippen LogP contribution is -2.23. The van der Waals surface area contributed by atoms with Crippen LogP contribution in [0.4, 0.5) is 0 Å². The molecular weight excluding hydrogens is 176 g/mol. The monoisotopic (exact) mass is 186 g/mol. The Kier molecular flexibility index (Phi) is 4.24. The van der Waals surface area contributed by atoms with E-state index in [0.717, 1.165) is 0 Å². The van der Waals surface area contributed by atoms with Crippen molar-refractivity contribution in [1.29, 1.82) is 0 Å². The molecule has 3 nitrogen and oxygen atoms in total. The highest BCUT2D eigenvalue weighted by atomic mass is 35.5. The second kappa shape index (κ2) is 4.16. The van der Waals surface area contributed by atoms with Crippen LogP contribution in [0.1, 0.15) is 13.3 Å². The second-order valence-corrected chi connectivity index (χ2v) is 4.57. The maximum atomic E-state index is 10.8. The molecule has 62 valence electrons. The number of hydrogen-bond acceptors (Lipinski definition) is 3. The van der Waals surface area contributed by atoms with Gasteiger partial charge in [0.15, 0.2) is 15.3 Å². The largest absolute Gasteiger partial charge is 0.377 e. The Labute approximate surface area is 65.9 Å². The highest BCUT2D eigenvalue weighted by Gasteiger charge is 2.19. The Morgan fingerprint density at radius 2 is 2.10 bits per heavy atom. The molecule has 0 aromatic heterocycles. The van der Waals surface area contributed by atoms with Crippen molar-refractivity contribution in [1.82, 2.24) is 0 Å². The van der Waals surface area contributed by atoms with Crippen LogP contribution in [0.2, 0.25) is 0 Å². The topological polar surface area (TPSA) is 54.4 Å². The molecule has 0 spiro atoms. The third kappa shape index (κ3) is 2.86. The van der Waals surface area contributed by atoms with Crippen LogP contribution in [0.25, 0.3) is 0 Å². The van der Waals surface area contributed by atoms with Gasteiger partial charge in [-0.3, -0.25) is 0 Å². The molecule has 0 saturated heterocycles. The molecule has 5 heteroatoms.